The normalized spacial score (nSPS) is 14.9. The zero-order chi connectivity index (χ0) is 14.3. The van der Waals surface area contributed by atoms with Gasteiger partial charge in [-0.1, -0.05) is 27.7 Å². The van der Waals surface area contributed by atoms with Crippen molar-refractivity contribution in [2.24, 2.45) is 11.3 Å². The van der Waals surface area contributed by atoms with Gasteiger partial charge in [-0.2, -0.15) is 11.8 Å². The molecule has 2 atom stereocenters. The van der Waals surface area contributed by atoms with Gasteiger partial charge in [-0.05, 0) is 30.3 Å². The van der Waals surface area contributed by atoms with Crippen LogP contribution >= 0.6 is 11.8 Å². The summed E-state index contributed by atoms with van der Waals surface area (Å²) >= 11 is 1.82. The van der Waals surface area contributed by atoms with E-state index in [1.54, 1.807) is 20.8 Å². The molecule has 0 aliphatic rings. The molecule has 0 aliphatic carbocycles. The molecule has 0 radical (unpaired) electrons. The first-order valence-electron chi connectivity index (χ1n) is 6.31. The number of thioether (sulfide) groups is 1. The van der Waals surface area contributed by atoms with Crippen molar-refractivity contribution < 1.29 is 14.7 Å². The summed E-state index contributed by atoms with van der Waals surface area (Å²) in [6.45, 7) is 9.30. The van der Waals surface area contributed by atoms with Crippen molar-refractivity contribution in [3.05, 3.63) is 0 Å². The number of carbonyl (C=O) groups is 2. The number of amides is 1. The average molecular weight is 275 g/mol. The molecule has 0 saturated heterocycles. The second kappa shape index (κ2) is 7.67. The van der Waals surface area contributed by atoms with Crippen LogP contribution in [-0.4, -0.2) is 34.5 Å². The minimum atomic E-state index is -1.06. The van der Waals surface area contributed by atoms with Crippen LogP contribution in [0, 0.1) is 11.3 Å². The molecule has 0 saturated carbocycles. The molecule has 0 spiro atoms. The van der Waals surface area contributed by atoms with Crippen LogP contribution in [0.3, 0.4) is 0 Å². The van der Waals surface area contributed by atoms with Crippen molar-refractivity contribution in [2.45, 2.75) is 47.1 Å². The molecule has 0 aromatic rings. The molecule has 0 fully saturated rings. The van der Waals surface area contributed by atoms with Gasteiger partial charge in [0.05, 0.1) is 0 Å². The quantitative estimate of drug-likeness (QED) is 0.553. The molecular formula is C13H25NO3S. The van der Waals surface area contributed by atoms with E-state index in [1.807, 2.05) is 18.7 Å². The molecule has 2 N–H and O–H groups in total. The summed E-state index contributed by atoms with van der Waals surface area (Å²) in [4.78, 5) is 23.1. The maximum Gasteiger partial charge on any atom is 0.316 e. The van der Waals surface area contributed by atoms with Gasteiger partial charge in [0.1, 0.15) is 5.92 Å². The van der Waals surface area contributed by atoms with E-state index in [4.69, 9.17) is 5.11 Å². The highest BCUT2D eigenvalue weighted by atomic mass is 32.2. The van der Waals surface area contributed by atoms with Gasteiger partial charge in [0, 0.05) is 6.04 Å². The highest BCUT2D eigenvalue weighted by Crippen LogP contribution is 2.26. The first-order valence-corrected chi connectivity index (χ1v) is 7.46. The van der Waals surface area contributed by atoms with Gasteiger partial charge < -0.3 is 10.4 Å². The Bertz CT molecular complexity index is 286. The molecule has 0 aromatic carbocycles. The number of hydrogen-bond acceptors (Lipinski definition) is 3. The van der Waals surface area contributed by atoms with E-state index in [-0.39, 0.29) is 11.9 Å². The third-order valence-corrected chi connectivity index (χ3v) is 3.60. The lowest BCUT2D eigenvalue weighted by atomic mass is 9.80. The molecular weight excluding hydrogens is 250 g/mol. The predicted octanol–water partition coefficient (Wildman–Crippen LogP) is 2.38. The van der Waals surface area contributed by atoms with Crippen molar-refractivity contribution >= 4 is 23.6 Å². The maximum atomic E-state index is 12.0. The smallest absolute Gasteiger partial charge is 0.316 e. The summed E-state index contributed by atoms with van der Waals surface area (Å²) in [7, 11) is 0. The van der Waals surface area contributed by atoms with Crippen molar-refractivity contribution in [3.8, 4) is 0 Å². The van der Waals surface area contributed by atoms with Gasteiger partial charge >= 0.3 is 5.97 Å². The van der Waals surface area contributed by atoms with E-state index in [0.29, 0.717) is 0 Å². The van der Waals surface area contributed by atoms with Gasteiger partial charge in [-0.25, -0.2) is 0 Å². The third-order valence-electron chi connectivity index (χ3n) is 2.66. The molecule has 0 rings (SSSR count). The second-order valence-electron chi connectivity index (χ2n) is 5.53. The molecule has 1 amide bonds. The molecule has 0 aromatic heterocycles. The van der Waals surface area contributed by atoms with E-state index in [0.717, 1.165) is 17.9 Å². The standard InChI is InChI=1S/C13H25NO3S/c1-6-18-8-7-9(2)14-11(15)10(12(16)17)13(3,4)5/h9-10H,6-8H2,1-5H3,(H,14,15)(H,16,17). The zero-order valence-electron chi connectivity index (χ0n) is 11.9. The number of hydrogen-bond donors (Lipinski definition) is 2. The van der Waals surface area contributed by atoms with Gasteiger partial charge in [0.15, 0.2) is 0 Å². The Morgan fingerprint density at radius 3 is 2.28 bits per heavy atom. The van der Waals surface area contributed by atoms with Crippen LogP contribution in [0.2, 0.25) is 0 Å². The average Bonchev–Trinajstić information content (AvgIpc) is 2.14. The Hall–Kier alpha value is -0.710. The van der Waals surface area contributed by atoms with Crippen molar-refractivity contribution in [1.82, 2.24) is 5.32 Å². The number of nitrogens with one attached hydrogen (secondary N) is 1. The van der Waals surface area contributed by atoms with E-state index in [2.05, 4.69) is 12.2 Å². The Morgan fingerprint density at radius 2 is 1.89 bits per heavy atom. The van der Waals surface area contributed by atoms with Crippen LogP contribution in [0.1, 0.15) is 41.0 Å². The predicted molar refractivity (Wildman–Crippen MR) is 75.8 cm³/mol. The van der Waals surface area contributed by atoms with Gasteiger partial charge in [-0.3, -0.25) is 9.59 Å². The van der Waals surface area contributed by atoms with Gasteiger partial charge in [0.2, 0.25) is 5.91 Å². The van der Waals surface area contributed by atoms with Crippen LogP contribution in [0.5, 0.6) is 0 Å². The first kappa shape index (κ1) is 17.3. The minimum Gasteiger partial charge on any atom is -0.481 e. The maximum absolute atomic E-state index is 12.0. The molecule has 5 heteroatoms. The SMILES string of the molecule is CCSCCC(C)NC(=O)C(C(=O)O)C(C)(C)C. The summed E-state index contributed by atoms with van der Waals surface area (Å²) in [6, 6.07) is 0.0146. The number of rotatable bonds is 7. The summed E-state index contributed by atoms with van der Waals surface area (Å²) in [6.07, 6.45) is 0.862. The summed E-state index contributed by atoms with van der Waals surface area (Å²) in [5, 5.41) is 11.9. The highest BCUT2D eigenvalue weighted by Gasteiger charge is 2.37. The molecule has 18 heavy (non-hydrogen) atoms. The van der Waals surface area contributed by atoms with Crippen molar-refractivity contribution in [3.63, 3.8) is 0 Å². The number of carboxylic acids is 1. The lowest BCUT2D eigenvalue weighted by molar-refractivity contribution is -0.151. The van der Waals surface area contributed by atoms with E-state index < -0.39 is 17.3 Å². The number of carbonyl (C=O) groups excluding carboxylic acids is 1. The Labute approximate surface area is 114 Å². The van der Waals surface area contributed by atoms with Crippen LogP contribution in [0.4, 0.5) is 0 Å². The van der Waals surface area contributed by atoms with E-state index >= 15 is 0 Å². The van der Waals surface area contributed by atoms with Crippen LogP contribution < -0.4 is 5.32 Å². The fraction of sp³-hybridized carbons (Fsp3) is 0.846. The number of carboxylic acid groups (broad SMARTS) is 1. The fourth-order valence-corrected chi connectivity index (χ4v) is 2.49. The first-order chi connectivity index (χ1) is 8.20. The monoisotopic (exact) mass is 275 g/mol. The Balaban J connectivity index is 4.40. The summed E-state index contributed by atoms with van der Waals surface area (Å²) in [5.41, 5.74) is -0.576. The molecule has 2 unspecified atom stereocenters. The van der Waals surface area contributed by atoms with Gasteiger partial charge in [0.25, 0.3) is 0 Å². The molecule has 0 bridgehead atoms. The Kier molecular flexibility index (Phi) is 7.36. The third kappa shape index (κ3) is 6.28. The lowest BCUT2D eigenvalue weighted by Crippen LogP contribution is -2.45. The van der Waals surface area contributed by atoms with Crippen molar-refractivity contribution in [1.29, 1.82) is 0 Å². The molecule has 0 heterocycles. The highest BCUT2D eigenvalue weighted by molar-refractivity contribution is 7.99. The zero-order valence-corrected chi connectivity index (χ0v) is 12.8. The lowest BCUT2D eigenvalue weighted by Gasteiger charge is -2.27. The second-order valence-corrected chi connectivity index (χ2v) is 6.93. The minimum absolute atomic E-state index is 0.0146. The van der Waals surface area contributed by atoms with Crippen LogP contribution in [0.25, 0.3) is 0 Å². The van der Waals surface area contributed by atoms with Crippen LogP contribution in [-0.2, 0) is 9.59 Å². The van der Waals surface area contributed by atoms with E-state index in [9.17, 15) is 9.59 Å². The largest absolute Gasteiger partial charge is 0.481 e. The topological polar surface area (TPSA) is 66.4 Å². The fourth-order valence-electron chi connectivity index (χ4n) is 1.68. The van der Waals surface area contributed by atoms with Crippen molar-refractivity contribution in [2.75, 3.05) is 11.5 Å². The molecule has 106 valence electrons. The molecule has 0 aliphatic heterocycles. The summed E-state index contributed by atoms with van der Waals surface area (Å²) in [5.74, 6) is -0.413. The molecule has 4 nitrogen and oxygen atoms in total. The Morgan fingerprint density at radius 1 is 1.33 bits per heavy atom. The van der Waals surface area contributed by atoms with Gasteiger partial charge in [-0.15, -0.1) is 0 Å². The summed E-state index contributed by atoms with van der Waals surface area (Å²) < 4.78 is 0. The van der Waals surface area contributed by atoms with E-state index in [1.165, 1.54) is 0 Å². The number of aliphatic carboxylic acids is 1. The van der Waals surface area contributed by atoms with Crippen LogP contribution in [0.15, 0.2) is 0 Å².